The zero-order chi connectivity index (χ0) is 14.7. The Morgan fingerprint density at radius 3 is 2.81 bits per heavy atom. The number of hydrogen-bond acceptors (Lipinski definition) is 7. The number of ether oxygens (including phenoxy) is 2. The van der Waals surface area contributed by atoms with Crippen LogP contribution < -0.4 is 4.74 Å². The lowest BCUT2D eigenvalue weighted by Crippen LogP contribution is -2.09. The summed E-state index contributed by atoms with van der Waals surface area (Å²) in [6.07, 6.45) is 0.671. The monoisotopic (exact) mass is 306 g/mol. The second-order valence-corrected chi connectivity index (χ2v) is 5.55. The number of benzene rings is 1. The first-order valence-electron chi connectivity index (χ1n) is 6.66. The van der Waals surface area contributed by atoms with Crippen LogP contribution in [-0.2, 0) is 9.53 Å². The molecule has 6 nitrogen and oxygen atoms in total. The first-order valence-corrected chi connectivity index (χ1v) is 7.54. The fourth-order valence-electron chi connectivity index (χ4n) is 1.94. The predicted molar refractivity (Wildman–Crippen MR) is 76.1 cm³/mol. The highest BCUT2D eigenvalue weighted by molar-refractivity contribution is 8.00. The van der Waals surface area contributed by atoms with Gasteiger partial charge in [-0.05, 0) is 43.0 Å². The fraction of sp³-hybridized carbons (Fsp3) is 0.357. The summed E-state index contributed by atoms with van der Waals surface area (Å²) >= 11 is 1.25. The molecule has 1 atom stereocenters. The van der Waals surface area contributed by atoms with E-state index < -0.39 is 0 Å². The van der Waals surface area contributed by atoms with Crippen molar-refractivity contribution in [2.75, 3.05) is 13.2 Å². The summed E-state index contributed by atoms with van der Waals surface area (Å²) in [5.41, 5.74) is 0.812. The summed E-state index contributed by atoms with van der Waals surface area (Å²) in [6.45, 7) is 3.01. The number of rotatable bonds is 5. The molecule has 0 radical (unpaired) electrons. The largest absolute Gasteiger partial charge is 0.494 e. The van der Waals surface area contributed by atoms with Gasteiger partial charge in [0.1, 0.15) is 11.0 Å². The van der Waals surface area contributed by atoms with Crippen molar-refractivity contribution < 1.29 is 18.7 Å². The minimum absolute atomic E-state index is 0.221. The predicted octanol–water partition coefficient (Wildman–Crippen LogP) is 2.54. The number of carbonyl (C=O) groups is 1. The van der Waals surface area contributed by atoms with Crippen LogP contribution >= 0.6 is 11.8 Å². The van der Waals surface area contributed by atoms with Gasteiger partial charge in [-0.1, -0.05) is 0 Å². The minimum Gasteiger partial charge on any atom is -0.494 e. The van der Waals surface area contributed by atoms with E-state index in [9.17, 15) is 4.79 Å². The van der Waals surface area contributed by atoms with Crippen molar-refractivity contribution in [2.24, 2.45) is 0 Å². The zero-order valence-electron chi connectivity index (χ0n) is 11.4. The Hall–Kier alpha value is -2.02. The summed E-state index contributed by atoms with van der Waals surface area (Å²) in [7, 11) is 0. The van der Waals surface area contributed by atoms with Gasteiger partial charge < -0.3 is 13.9 Å². The molecule has 0 amide bonds. The van der Waals surface area contributed by atoms with Crippen LogP contribution in [0.3, 0.4) is 0 Å². The Balaban J connectivity index is 1.70. The molecule has 1 saturated heterocycles. The van der Waals surface area contributed by atoms with E-state index in [-0.39, 0.29) is 11.2 Å². The van der Waals surface area contributed by atoms with E-state index in [1.165, 1.54) is 11.8 Å². The minimum atomic E-state index is -0.251. The standard InChI is InChI=1S/C14H14N2O4S/c1-2-18-10-5-3-9(4-6-10)12-15-16-14(20-12)21-11-7-8-19-13(11)17/h3-6,11H,2,7-8H2,1H3. The highest BCUT2D eigenvalue weighted by Gasteiger charge is 2.29. The van der Waals surface area contributed by atoms with Gasteiger partial charge in [0.25, 0.3) is 5.22 Å². The van der Waals surface area contributed by atoms with Gasteiger partial charge in [-0.25, -0.2) is 0 Å². The van der Waals surface area contributed by atoms with E-state index in [1.807, 2.05) is 31.2 Å². The SMILES string of the molecule is CCOc1ccc(-c2nnc(SC3CCOC3=O)o2)cc1. The van der Waals surface area contributed by atoms with E-state index >= 15 is 0 Å². The zero-order valence-corrected chi connectivity index (χ0v) is 12.3. The number of cyclic esters (lactones) is 1. The summed E-state index contributed by atoms with van der Waals surface area (Å²) in [5, 5.41) is 8.08. The maximum atomic E-state index is 11.4. The molecule has 0 aliphatic carbocycles. The number of carbonyl (C=O) groups excluding carboxylic acids is 1. The second kappa shape index (κ2) is 6.17. The van der Waals surface area contributed by atoms with Crippen molar-refractivity contribution in [3.05, 3.63) is 24.3 Å². The fourth-order valence-corrected chi connectivity index (χ4v) is 2.78. The van der Waals surface area contributed by atoms with Gasteiger partial charge >= 0.3 is 5.97 Å². The second-order valence-electron chi connectivity index (χ2n) is 4.39. The Labute approximate surface area is 125 Å². The summed E-state index contributed by atoms with van der Waals surface area (Å²) in [4.78, 5) is 11.4. The molecule has 3 rings (SSSR count). The van der Waals surface area contributed by atoms with Gasteiger partial charge in [-0.2, -0.15) is 0 Å². The third-order valence-corrected chi connectivity index (χ3v) is 4.03. The van der Waals surface area contributed by atoms with E-state index in [4.69, 9.17) is 13.9 Å². The Morgan fingerprint density at radius 1 is 1.33 bits per heavy atom. The average molecular weight is 306 g/mol. The molecule has 1 fully saturated rings. The van der Waals surface area contributed by atoms with Gasteiger partial charge in [-0.3, -0.25) is 4.79 Å². The number of thioether (sulfide) groups is 1. The van der Waals surface area contributed by atoms with Crippen LogP contribution in [0.1, 0.15) is 13.3 Å². The van der Waals surface area contributed by atoms with Crippen molar-refractivity contribution in [3.63, 3.8) is 0 Å². The summed E-state index contributed by atoms with van der Waals surface area (Å²) < 4.78 is 15.9. The van der Waals surface area contributed by atoms with Crippen molar-refractivity contribution in [3.8, 4) is 17.2 Å². The quantitative estimate of drug-likeness (QED) is 0.786. The first kappa shape index (κ1) is 13.9. The molecule has 2 aromatic rings. The van der Waals surface area contributed by atoms with E-state index in [1.54, 1.807) is 0 Å². The molecule has 1 unspecified atom stereocenters. The average Bonchev–Trinajstić information content (AvgIpc) is 3.11. The molecule has 0 saturated carbocycles. The maximum absolute atomic E-state index is 11.4. The topological polar surface area (TPSA) is 74.5 Å². The molecule has 0 spiro atoms. The number of nitrogens with zero attached hydrogens (tertiary/aromatic N) is 2. The molecule has 2 heterocycles. The van der Waals surface area contributed by atoms with Crippen molar-refractivity contribution in [1.82, 2.24) is 10.2 Å². The van der Waals surface area contributed by atoms with Gasteiger partial charge in [0, 0.05) is 12.0 Å². The van der Waals surface area contributed by atoms with Crippen molar-refractivity contribution in [2.45, 2.75) is 23.8 Å². The first-order chi connectivity index (χ1) is 10.3. The molecule has 7 heteroatoms. The molecule has 1 aliphatic rings. The molecular formula is C14H14N2O4S. The summed E-state index contributed by atoms with van der Waals surface area (Å²) in [5.74, 6) is 0.997. The summed E-state index contributed by atoms with van der Waals surface area (Å²) in [6, 6.07) is 7.42. The van der Waals surface area contributed by atoms with Gasteiger partial charge in [0.05, 0.1) is 13.2 Å². The molecule has 21 heavy (non-hydrogen) atoms. The molecule has 0 N–H and O–H groups in total. The van der Waals surface area contributed by atoms with Crippen LogP contribution in [0.4, 0.5) is 0 Å². The number of hydrogen-bond donors (Lipinski definition) is 0. The van der Waals surface area contributed by atoms with Crippen LogP contribution in [0.25, 0.3) is 11.5 Å². The lowest BCUT2D eigenvalue weighted by molar-refractivity contribution is -0.137. The lowest BCUT2D eigenvalue weighted by Gasteiger charge is -2.02. The normalized spacial score (nSPS) is 17.8. The van der Waals surface area contributed by atoms with Gasteiger partial charge in [-0.15, -0.1) is 10.2 Å². The molecule has 0 bridgehead atoms. The van der Waals surface area contributed by atoms with Crippen LogP contribution in [0.2, 0.25) is 0 Å². The Morgan fingerprint density at radius 2 is 2.14 bits per heavy atom. The Kier molecular flexibility index (Phi) is 4.10. The molecule has 1 aromatic heterocycles. The van der Waals surface area contributed by atoms with E-state index in [0.29, 0.717) is 30.7 Å². The van der Waals surface area contributed by atoms with Gasteiger partial charge in [0.2, 0.25) is 5.89 Å². The molecule has 1 aromatic carbocycles. The van der Waals surface area contributed by atoms with Crippen LogP contribution in [-0.4, -0.2) is 34.6 Å². The lowest BCUT2D eigenvalue weighted by atomic mass is 10.2. The highest BCUT2D eigenvalue weighted by Crippen LogP contribution is 2.30. The smallest absolute Gasteiger partial charge is 0.319 e. The Bertz CT molecular complexity index is 626. The van der Waals surface area contributed by atoms with Gasteiger partial charge in [0.15, 0.2) is 0 Å². The van der Waals surface area contributed by atoms with Crippen LogP contribution in [0.15, 0.2) is 33.9 Å². The number of esters is 1. The van der Waals surface area contributed by atoms with Crippen molar-refractivity contribution >= 4 is 17.7 Å². The van der Waals surface area contributed by atoms with Crippen LogP contribution in [0.5, 0.6) is 5.75 Å². The third-order valence-electron chi connectivity index (χ3n) is 2.95. The van der Waals surface area contributed by atoms with E-state index in [0.717, 1.165) is 11.3 Å². The van der Waals surface area contributed by atoms with E-state index in [2.05, 4.69) is 10.2 Å². The third kappa shape index (κ3) is 3.18. The molecular weight excluding hydrogens is 292 g/mol. The maximum Gasteiger partial charge on any atom is 0.319 e. The van der Waals surface area contributed by atoms with Crippen LogP contribution in [0, 0.1) is 0 Å². The molecule has 1 aliphatic heterocycles. The highest BCUT2D eigenvalue weighted by atomic mass is 32.2. The van der Waals surface area contributed by atoms with Crippen molar-refractivity contribution in [1.29, 1.82) is 0 Å². The molecule has 110 valence electrons. The number of aromatic nitrogens is 2.